The predicted octanol–water partition coefficient (Wildman–Crippen LogP) is 3.01. The molecule has 0 saturated carbocycles. The first-order valence-electron chi connectivity index (χ1n) is 3.53. The van der Waals surface area contributed by atoms with Crippen molar-refractivity contribution in [2.75, 3.05) is 0 Å². The molecule has 1 rings (SSSR count). The zero-order valence-electron chi connectivity index (χ0n) is 6.30. The quantitative estimate of drug-likeness (QED) is 0.514. The van der Waals surface area contributed by atoms with Crippen molar-refractivity contribution in [2.45, 2.75) is 13.3 Å². The van der Waals surface area contributed by atoms with E-state index in [0.29, 0.717) is 0 Å². The third-order valence-electron chi connectivity index (χ3n) is 1.65. The van der Waals surface area contributed by atoms with E-state index in [-0.39, 0.29) is 0 Å². The lowest BCUT2D eigenvalue weighted by Crippen LogP contribution is -1.75. The molecule has 52 valence electrons. The lowest BCUT2D eigenvalue weighted by Gasteiger charge is -1.95. The van der Waals surface area contributed by atoms with Crippen molar-refractivity contribution in [3.63, 3.8) is 0 Å². The molecule has 0 bridgehead atoms. The minimum absolute atomic E-state index is 1.08. The van der Waals surface area contributed by atoms with Crippen molar-refractivity contribution < 1.29 is 0 Å². The monoisotopic (exact) mass is 132 g/mol. The van der Waals surface area contributed by atoms with Crippen molar-refractivity contribution >= 4 is 0 Å². The fourth-order valence-electron chi connectivity index (χ4n) is 1.11. The van der Waals surface area contributed by atoms with E-state index in [1.54, 1.807) is 0 Å². The Bertz CT molecular complexity index is 214. The van der Waals surface area contributed by atoms with Crippen LogP contribution in [-0.4, -0.2) is 0 Å². The topological polar surface area (TPSA) is 0 Å². The Kier molecular flexibility index (Phi) is 2.27. The largest absolute Gasteiger partial charge is 0.0990 e. The number of hydrogen-bond acceptors (Lipinski definition) is 0. The minimum atomic E-state index is 1.08. The maximum Gasteiger partial charge on any atom is -0.00914 e. The summed E-state index contributed by atoms with van der Waals surface area (Å²) in [5, 5.41) is 0. The molecule has 0 radical (unpaired) electrons. The predicted molar refractivity (Wildman–Crippen MR) is 45.8 cm³/mol. The summed E-state index contributed by atoms with van der Waals surface area (Å²) in [6.07, 6.45) is 11.4. The summed E-state index contributed by atoms with van der Waals surface area (Å²) in [5.41, 5.74) is 2.71. The van der Waals surface area contributed by atoms with Gasteiger partial charge in [-0.2, -0.15) is 0 Å². The molecule has 0 spiro atoms. The van der Waals surface area contributed by atoms with Crippen LogP contribution in [0.5, 0.6) is 0 Å². The fourth-order valence-corrected chi connectivity index (χ4v) is 1.11. The van der Waals surface area contributed by atoms with Crippen LogP contribution >= 0.6 is 0 Å². The Morgan fingerprint density at radius 3 is 3.00 bits per heavy atom. The summed E-state index contributed by atoms with van der Waals surface area (Å²) < 4.78 is 0. The molecule has 0 nitrogen and oxygen atoms in total. The van der Waals surface area contributed by atoms with E-state index < -0.39 is 0 Å². The van der Waals surface area contributed by atoms with Gasteiger partial charge in [0.15, 0.2) is 0 Å². The molecule has 0 heteroatoms. The van der Waals surface area contributed by atoms with Crippen LogP contribution in [0.25, 0.3) is 0 Å². The molecule has 1 aliphatic rings. The van der Waals surface area contributed by atoms with E-state index in [9.17, 15) is 0 Å². The molecule has 10 heavy (non-hydrogen) atoms. The Morgan fingerprint density at radius 2 is 2.40 bits per heavy atom. The maximum atomic E-state index is 3.66. The van der Waals surface area contributed by atoms with Gasteiger partial charge in [-0.1, -0.05) is 37.0 Å². The van der Waals surface area contributed by atoms with E-state index in [1.807, 2.05) is 12.2 Å². The highest BCUT2D eigenvalue weighted by Gasteiger charge is 2.03. The van der Waals surface area contributed by atoms with Crippen molar-refractivity contribution in [2.24, 2.45) is 0 Å². The van der Waals surface area contributed by atoms with Crippen LogP contribution in [0.2, 0.25) is 0 Å². The van der Waals surface area contributed by atoms with Gasteiger partial charge in [0.1, 0.15) is 0 Å². The van der Waals surface area contributed by atoms with Crippen LogP contribution in [0.4, 0.5) is 0 Å². The summed E-state index contributed by atoms with van der Waals surface area (Å²) in [7, 11) is 0. The number of rotatable bonds is 1. The van der Waals surface area contributed by atoms with Gasteiger partial charge in [0.05, 0.1) is 0 Å². The summed E-state index contributed by atoms with van der Waals surface area (Å²) in [6, 6.07) is 0. The van der Waals surface area contributed by atoms with Crippen LogP contribution in [0, 0.1) is 0 Å². The highest BCUT2D eigenvalue weighted by Crippen LogP contribution is 2.22. The molecule has 0 aromatic rings. The Morgan fingerprint density at radius 1 is 1.60 bits per heavy atom. The first-order chi connectivity index (χ1) is 4.88. The average Bonchev–Trinajstić information content (AvgIpc) is 2.36. The van der Waals surface area contributed by atoms with Gasteiger partial charge in [-0.3, -0.25) is 0 Å². The molecule has 0 heterocycles. The highest BCUT2D eigenvalue weighted by molar-refractivity contribution is 5.47. The lowest BCUT2D eigenvalue weighted by atomic mass is 10.1. The van der Waals surface area contributed by atoms with E-state index in [2.05, 4.69) is 31.7 Å². The van der Waals surface area contributed by atoms with Crippen LogP contribution < -0.4 is 0 Å². The summed E-state index contributed by atoms with van der Waals surface area (Å²) in [5.74, 6) is 0. The van der Waals surface area contributed by atoms with Gasteiger partial charge in [0, 0.05) is 0 Å². The van der Waals surface area contributed by atoms with Gasteiger partial charge in [-0.25, -0.2) is 0 Å². The van der Waals surface area contributed by atoms with Crippen LogP contribution in [0.3, 0.4) is 0 Å². The Balaban J connectivity index is 2.86. The molecule has 0 aromatic heterocycles. The maximum absolute atomic E-state index is 3.66. The van der Waals surface area contributed by atoms with E-state index in [4.69, 9.17) is 0 Å². The smallest absolute Gasteiger partial charge is 0.00914 e. The van der Waals surface area contributed by atoms with E-state index in [0.717, 1.165) is 6.42 Å². The van der Waals surface area contributed by atoms with Gasteiger partial charge in [0.25, 0.3) is 0 Å². The number of allylic oxidation sites excluding steroid dienone is 7. The summed E-state index contributed by atoms with van der Waals surface area (Å²) in [6.45, 7) is 5.72. The molecule has 0 atom stereocenters. The van der Waals surface area contributed by atoms with E-state index in [1.165, 1.54) is 11.1 Å². The molecule has 0 aromatic carbocycles. The second-order valence-corrected chi connectivity index (χ2v) is 2.28. The molecule has 0 N–H and O–H groups in total. The summed E-state index contributed by atoms with van der Waals surface area (Å²) in [4.78, 5) is 0. The zero-order valence-corrected chi connectivity index (χ0v) is 6.30. The zero-order chi connectivity index (χ0) is 7.40. The first kappa shape index (κ1) is 7.07. The molecule has 0 fully saturated rings. The molecule has 1 aliphatic carbocycles. The molecule has 0 unspecified atom stereocenters. The van der Waals surface area contributed by atoms with Crippen LogP contribution in [0.1, 0.15) is 13.3 Å². The Labute approximate surface area is 62.3 Å². The van der Waals surface area contributed by atoms with Crippen LogP contribution in [0.15, 0.2) is 48.1 Å². The highest BCUT2D eigenvalue weighted by atomic mass is 14.1. The van der Waals surface area contributed by atoms with E-state index >= 15 is 0 Å². The van der Waals surface area contributed by atoms with Crippen molar-refractivity contribution in [1.82, 2.24) is 0 Å². The second-order valence-electron chi connectivity index (χ2n) is 2.28. The minimum Gasteiger partial charge on any atom is -0.0990 e. The first-order valence-corrected chi connectivity index (χ1v) is 3.53. The van der Waals surface area contributed by atoms with Crippen molar-refractivity contribution in [3.05, 3.63) is 48.1 Å². The molecule has 0 amide bonds. The Hall–Kier alpha value is -1.04. The standard InChI is InChI=1S/C10H12/c1-3-6-10-8-5-7-9(10)4-2/h3-6,8H,1,7H2,2H3/b9-4-,10-6-. The molecule has 0 aliphatic heterocycles. The molecular formula is C10H12. The number of hydrogen-bond donors (Lipinski definition) is 0. The molecular weight excluding hydrogens is 120 g/mol. The van der Waals surface area contributed by atoms with Gasteiger partial charge in [0.2, 0.25) is 0 Å². The second kappa shape index (κ2) is 3.21. The lowest BCUT2D eigenvalue weighted by molar-refractivity contribution is 1.30. The van der Waals surface area contributed by atoms with Crippen LogP contribution in [-0.2, 0) is 0 Å². The third kappa shape index (κ3) is 1.27. The SMILES string of the molecule is C=C/C=C1/C=CC/C1=C/C. The normalized spacial score (nSPS) is 24.5. The van der Waals surface area contributed by atoms with Gasteiger partial charge >= 0.3 is 0 Å². The fraction of sp³-hybridized carbons (Fsp3) is 0.200. The van der Waals surface area contributed by atoms with Crippen molar-refractivity contribution in [3.8, 4) is 0 Å². The van der Waals surface area contributed by atoms with Gasteiger partial charge in [-0.05, 0) is 24.5 Å². The van der Waals surface area contributed by atoms with Gasteiger partial charge < -0.3 is 0 Å². The average molecular weight is 132 g/mol. The summed E-state index contributed by atoms with van der Waals surface area (Å²) >= 11 is 0. The third-order valence-corrected chi connectivity index (χ3v) is 1.65. The van der Waals surface area contributed by atoms with Gasteiger partial charge in [-0.15, -0.1) is 0 Å². The van der Waals surface area contributed by atoms with Crippen molar-refractivity contribution in [1.29, 1.82) is 0 Å². The molecule has 0 saturated heterocycles.